The van der Waals surface area contributed by atoms with E-state index in [0.717, 1.165) is 0 Å². The van der Waals surface area contributed by atoms with Crippen LogP contribution in [0.1, 0.15) is 13.3 Å². The van der Waals surface area contributed by atoms with Crippen molar-refractivity contribution in [2.45, 2.75) is 13.3 Å². The second-order valence-electron chi connectivity index (χ2n) is 3.43. The highest BCUT2D eigenvalue weighted by molar-refractivity contribution is 6.32. The number of halogens is 1. The van der Waals surface area contributed by atoms with Crippen molar-refractivity contribution in [3.05, 3.63) is 21.6 Å². The molecule has 0 amide bonds. The second-order valence-corrected chi connectivity index (χ2v) is 3.80. The molecule has 0 saturated carbocycles. The Hall–Kier alpha value is -1.07. The molecule has 0 spiro atoms. The van der Waals surface area contributed by atoms with Crippen molar-refractivity contribution in [2.24, 2.45) is 5.92 Å². The first-order chi connectivity index (χ1) is 7.15. The summed E-state index contributed by atoms with van der Waals surface area (Å²) < 4.78 is 0. The van der Waals surface area contributed by atoms with E-state index in [2.05, 4.69) is 15.5 Å². The molecule has 15 heavy (non-hydrogen) atoms. The highest BCUT2D eigenvalue weighted by atomic mass is 35.5. The molecule has 0 fully saturated rings. The van der Waals surface area contributed by atoms with Crippen molar-refractivity contribution < 1.29 is 5.11 Å². The number of H-pyrrole nitrogens is 1. The maximum atomic E-state index is 11.1. The van der Waals surface area contributed by atoms with Gasteiger partial charge in [0.05, 0.1) is 11.9 Å². The fourth-order valence-corrected chi connectivity index (χ4v) is 1.27. The van der Waals surface area contributed by atoms with E-state index < -0.39 is 5.56 Å². The fraction of sp³-hybridized carbons (Fsp3) is 0.556. The van der Waals surface area contributed by atoms with Crippen molar-refractivity contribution in [2.75, 3.05) is 18.5 Å². The molecule has 1 atom stereocenters. The number of anilines is 1. The number of nitrogens with one attached hydrogen (secondary N) is 2. The standard InChI is InChI=1S/C9H14ClN3O2/c1-6(2-3-14)4-11-7-5-12-13-9(15)8(7)10/h5-6,14H,2-4H2,1H3,(H2,11,13,15). The third-order valence-corrected chi connectivity index (χ3v) is 2.43. The summed E-state index contributed by atoms with van der Waals surface area (Å²) >= 11 is 5.76. The molecule has 0 aliphatic rings. The highest BCUT2D eigenvalue weighted by Crippen LogP contribution is 2.15. The van der Waals surface area contributed by atoms with Crippen LogP contribution in [0.4, 0.5) is 5.69 Å². The molecular weight excluding hydrogens is 218 g/mol. The molecule has 1 unspecified atom stereocenters. The number of aliphatic hydroxyl groups is 1. The largest absolute Gasteiger partial charge is 0.396 e. The summed E-state index contributed by atoms with van der Waals surface area (Å²) in [6, 6.07) is 0. The van der Waals surface area contributed by atoms with Crippen LogP contribution in [0.15, 0.2) is 11.0 Å². The Bertz CT molecular complexity index is 367. The van der Waals surface area contributed by atoms with Crippen LogP contribution in [-0.2, 0) is 0 Å². The van der Waals surface area contributed by atoms with Crippen LogP contribution in [0.25, 0.3) is 0 Å². The van der Waals surface area contributed by atoms with Crippen molar-refractivity contribution in [1.29, 1.82) is 0 Å². The number of nitrogens with zero attached hydrogens (tertiary/aromatic N) is 1. The van der Waals surface area contributed by atoms with E-state index in [4.69, 9.17) is 16.7 Å². The summed E-state index contributed by atoms with van der Waals surface area (Å²) in [6.07, 6.45) is 2.18. The van der Waals surface area contributed by atoms with E-state index in [0.29, 0.717) is 24.6 Å². The second kappa shape index (κ2) is 5.72. The summed E-state index contributed by atoms with van der Waals surface area (Å²) in [4.78, 5) is 11.1. The fourth-order valence-electron chi connectivity index (χ4n) is 1.11. The minimum Gasteiger partial charge on any atom is -0.396 e. The van der Waals surface area contributed by atoms with Crippen molar-refractivity contribution >= 4 is 17.3 Å². The Labute approximate surface area is 92.5 Å². The van der Waals surface area contributed by atoms with E-state index in [1.54, 1.807) is 0 Å². The molecule has 1 rings (SSSR count). The molecule has 0 radical (unpaired) electrons. The first-order valence-electron chi connectivity index (χ1n) is 4.73. The summed E-state index contributed by atoms with van der Waals surface area (Å²) in [5.41, 5.74) is 0.113. The SMILES string of the molecule is CC(CCO)CNc1cn[nH]c(=O)c1Cl. The highest BCUT2D eigenvalue weighted by Gasteiger charge is 2.06. The lowest BCUT2D eigenvalue weighted by Gasteiger charge is -2.12. The average Bonchev–Trinajstić information content (AvgIpc) is 2.21. The summed E-state index contributed by atoms with van der Waals surface area (Å²) in [5.74, 6) is 0.311. The lowest BCUT2D eigenvalue weighted by Crippen LogP contribution is -2.16. The maximum Gasteiger partial charge on any atom is 0.285 e. The molecule has 0 aliphatic heterocycles. The van der Waals surface area contributed by atoms with Gasteiger partial charge < -0.3 is 10.4 Å². The minimum atomic E-state index is -0.406. The molecule has 0 aliphatic carbocycles. The quantitative estimate of drug-likeness (QED) is 0.702. The number of aromatic nitrogens is 2. The predicted octanol–water partition coefficient (Wildman–Crippen LogP) is 0.854. The molecule has 1 aromatic rings. The maximum absolute atomic E-state index is 11.1. The molecule has 0 saturated heterocycles. The Balaban J connectivity index is 2.58. The van der Waals surface area contributed by atoms with Crippen LogP contribution >= 0.6 is 11.6 Å². The molecule has 6 heteroatoms. The van der Waals surface area contributed by atoms with Gasteiger partial charge in [0.1, 0.15) is 5.02 Å². The third kappa shape index (κ3) is 3.53. The third-order valence-electron chi connectivity index (χ3n) is 2.06. The normalized spacial score (nSPS) is 12.5. The van der Waals surface area contributed by atoms with E-state index >= 15 is 0 Å². The van der Waals surface area contributed by atoms with Gasteiger partial charge in [0.25, 0.3) is 5.56 Å². The number of hydrogen-bond donors (Lipinski definition) is 3. The molecule has 5 nitrogen and oxygen atoms in total. The predicted molar refractivity (Wildman–Crippen MR) is 59.2 cm³/mol. The van der Waals surface area contributed by atoms with Crippen LogP contribution in [0.3, 0.4) is 0 Å². The van der Waals surface area contributed by atoms with E-state index in [1.165, 1.54) is 6.20 Å². The molecule has 0 bridgehead atoms. The lowest BCUT2D eigenvalue weighted by molar-refractivity contribution is 0.266. The first kappa shape index (κ1) is 12.0. The molecule has 1 aromatic heterocycles. The van der Waals surface area contributed by atoms with Crippen LogP contribution in [0, 0.1) is 5.92 Å². The zero-order chi connectivity index (χ0) is 11.3. The van der Waals surface area contributed by atoms with Gasteiger partial charge in [0, 0.05) is 13.2 Å². The molecule has 0 aromatic carbocycles. The van der Waals surface area contributed by atoms with E-state index in [-0.39, 0.29) is 11.6 Å². The van der Waals surface area contributed by atoms with Crippen LogP contribution in [-0.4, -0.2) is 28.5 Å². The number of aliphatic hydroxyl groups excluding tert-OH is 1. The van der Waals surface area contributed by atoms with Gasteiger partial charge >= 0.3 is 0 Å². The average molecular weight is 232 g/mol. The Kier molecular flexibility index (Phi) is 4.58. The molecule has 84 valence electrons. The van der Waals surface area contributed by atoms with Gasteiger partial charge in [-0.3, -0.25) is 4.79 Å². The van der Waals surface area contributed by atoms with Gasteiger partial charge in [0.15, 0.2) is 0 Å². The monoisotopic (exact) mass is 231 g/mol. The molecule has 3 N–H and O–H groups in total. The topological polar surface area (TPSA) is 78.0 Å². The zero-order valence-corrected chi connectivity index (χ0v) is 9.21. The Morgan fingerprint density at radius 1 is 1.73 bits per heavy atom. The molecular formula is C9H14ClN3O2. The minimum absolute atomic E-state index is 0.112. The lowest BCUT2D eigenvalue weighted by atomic mass is 10.1. The summed E-state index contributed by atoms with van der Waals surface area (Å²) in [7, 11) is 0. The molecule has 1 heterocycles. The van der Waals surface area contributed by atoms with E-state index in [9.17, 15) is 4.79 Å². The van der Waals surface area contributed by atoms with Crippen molar-refractivity contribution in [1.82, 2.24) is 10.2 Å². The number of rotatable bonds is 5. The summed E-state index contributed by atoms with van der Waals surface area (Å²) in [6.45, 7) is 2.80. The van der Waals surface area contributed by atoms with Gasteiger partial charge in [-0.25, -0.2) is 5.10 Å². The van der Waals surface area contributed by atoms with Crippen molar-refractivity contribution in [3.63, 3.8) is 0 Å². The van der Waals surface area contributed by atoms with Crippen molar-refractivity contribution in [3.8, 4) is 0 Å². The van der Waals surface area contributed by atoms with Gasteiger partial charge in [-0.2, -0.15) is 5.10 Å². The smallest absolute Gasteiger partial charge is 0.285 e. The number of hydrogen-bond acceptors (Lipinski definition) is 4. The van der Waals surface area contributed by atoms with Gasteiger partial charge in [-0.05, 0) is 12.3 Å². The van der Waals surface area contributed by atoms with Gasteiger partial charge in [0.2, 0.25) is 0 Å². The van der Waals surface area contributed by atoms with Gasteiger partial charge in [-0.15, -0.1) is 0 Å². The Morgan fingerprint density at radius 2 is 2.47 bits per heavy atom. The number of aromatic amines is 1. The summed E-state index contributed by atoms with van der Waals surface area (Å²) in [5, 5.41) is 17.7. The Morgan fingerprint density at radius 3 is 3.13 bits per heavy atom. The zero-order valence-electron chi connectivity index (χ0n) is 8.46. The van der Waals surface area contributed by atoms with E-state index in [1.807, 2.05) is 6.92 Å². The van der Waals surface area contributed by atoms with Gasteiger partial charge in [-0.1, -0.05) is 18.5 Å². The first-order valence-corrected chi connectivity index (χ1v) is 5.11. The van der Waals surface area contributed by atoms with Crippen LogP contribution < -0.4 is 10.9 Å². The van der Waals surface area contributed by atoms with Crippen LogP contribution in [0.5, 0.6) is 0 Å². The van der Waals surface area contributed by atoms with Crippen LogP contribution in [0.2, 0.25) is 5.02 Å².